The number of benzene rings is 2. The standard InChI is InChI=1S/C26H29BrClF3N6O2Si/c1-25(2,3)40(4,5)39-20(26(29,30)31)15-35-22(17-11-13-18(28)14-12-17)34-36(24(35)38)16-21-32-23(27)37(33-21)19-9-7-6-8-10-19/h6-14,20H,15-16H2,1-5H3/t20-/m0/s1. The summed E-state index contributed by atoms with van der Waals surface area (Å²) < 4.78 is 52.7. The Balaban J connectivity index is 1.76. The smallest absolute Gasteiger partial charge is 0.404 e. The summed E-state index contributed by atoms with van der Waals surface area (Å²) in [5.41, 5.74) is 0.423. The van der Waals surface area contributed by atoms with Gasteiger partial charge in [0.1, 0.15) is 6.54 Å². The Kier molecular flexibility index (Phi) is 8.51. The van der Waals surface area contributed by atoms with Gasteiger partial charge in [-0.15, -0.1) is 10.2 Å². The van der Waals surface area contributed by atoms with Gasteiger partial charge in [-0.1, -0.05) is 50.6 Å². The van der Waals surface area contributed by atoms with Crippen LogP contribution in [0.4, 0.5) is 13.2 Å². The van der Waals surface area contributed by atoms with Crippen LogP contribution < -0.4 is 5.69 Å². The van der Waals surface area contributed by atoms with Crippen molar-refractivity contribution in [2.75, 3.05) is 0 Å². The minimum absolute atomic E-state index is 0.0521. The highest BCUT2D eigenvalue weighted by atomic mass is 79.9. The molecular formula is C26H29BrClF3N6O2Si. The Morgan fingerprint density at radius 1 is 1.02 bits per heavy atom. The van der Waals surface area contributed by atoms with Crippen LogP contribution in [0.2, 0.25) is 23.2 Å². The lowest BCUT2D eigenvalue weighted by Gasteiger charge is -2.39. The summed E-state index contributed by atoms with van der Waals surface area (Å²) in [6.07, 6.45) is -6.92. The van der Waals surface area contributed by atoms with Crippen LogP contribution >= 0.6 is 27.5 Å². The van der Waals surface area contributed by atoms with Gasteiger partial charge < -0.3 is 4.43 Å². The molecule has 4 rings (SSSR count). The van der Waals surface area contributed by atoms with E-state index >= 15 is 0 Å². The van der Waals surface area contributed by atoms with Crippen molar-refractivity contribution in [2.45, 2.75) is 64.3 Å². The molecule has 0 saturated carbocycles. The number of para-hydroxylation sites is 1. The number of halogens is 5. The van der Waals surface area contributed by atoms with Crippen LogP contribution in [0, 0.1) is 0 Å². The molecule has 40 heavy (non-hydrogen) atoms. The lowest BCUT2D eigenvalue weighted by Crippen LogP contribution is -2.50. The maximum atomic E-state index is 14.3. The summed E-state index contributed by atoms with van der Waals surface area (Å²) in [6.45, 7) is 8.13. The lowest BCUT2D eigenvalue weighted by molar-refractivity contribution is -0.202. The van der Waals surface area contributed by atoms with E-state index in [9.17, 15) is 18.0 Å². The molecule has 0 fully saturated rings. The molecule has 8 nitrogen and oxygen atoms in total. The number of nitrogens with zero attached hydrogens (tertiary/aromatic N) is 6. The van der Waals surface area contributed by atoms with Crippen molar-refractivity contribution in [3.05, 3.63) is 80.7 Å². The number of rotatable bonds is 8. The third-order valence-corrected chi connectivity index (χ3v) is 12.1. The van der Waals surface area contributed by atoms with Crippen molar-refractivity contribution in [1.82, 2.24) is 29.1 Å². The van der Waals surface area contributed by atoms with Gasteiger partial charge in [-0.3, -0.25) is 4.57 Å². The first-order chi connectivity index (χ1) is 18.6. The van der Waals surface area contributed by atoms with Crippen LogP contribution in [0.1, 0.15) is 26.6 Å². The molecule has 0 unspecified atom stereocenters. The van der Waals surface area contributed by atoms with E-state index in [1.807, 2.05) is 51.1 Å². The van der Waals surface area contributed by atoms with Crippen LogP contribution in [-0.4, -0.2) is 49.7 Å². The van der Waals surface area contributed by atoms with E-state index in [-0.39, 0.29) is 18.2 Å². The SMILES string of the molecule is CC(C)(C)[Si](C)(C)O[C@@H](Cn1c(-c2ccc(Cl)cc2)nn(Cc2nc(Br)n(-c3ccccc3)n2)c1=O)C(F)(F)F. The molecule has 1 atom stereocenters. The van der Waals surface area contributed by atoms with E-state index in [0.29, 0.717) is 15.3 Å². The average molecular weight is 658 g/mol. The summed E-state index contributed by atoms with van der Waals surface area (Å²) in [5, 5.41) is 8.82. The number of hydrogen-bond acceptors (Lipinski definition) is 5. The normalized spacial score (nSPS) is 13.6. The summed E-state index contributed by atoms with van der Waals surface area (Å²) in [6, 6.07) is 15.6. The number of alkyl halides is 3. The molecule has 0 saturated heterocycles. The first kappa shape index (κ1) is 30.2. The Morgan fingerprint density at radius 3 is 2.23 bits per heavy atom. The Hall–Kier alpha value is -2.74. The summed E-state index contributed by atoms with van der Waals surface area (Å²) in [4.78, 5) is 17.9. The molecule has 0 aliphatic carbocycles. The second-order valence-electron chi connectivity index (χ2n) is 10.8. The van der Waals surface area contributed by atoms with Crippen molar-refractivity contribution in [3.63, 3.8) is 0 Å². The van der Waals surface area contributed by atoms with Crippen LogP contribution in [-0.2, 0) is 17.5 Å². The van der Waals surface area contributed by atoms with Crippen molar-refractivity contribution < 1.29 is 17.6 Å². The quantitative estimate of drug-likeness (QED) is 0.197. The zero-order valence-electron chi connectivity index (χ0n) is 22.6. The molecule has 14 heteroatoms. The number of aromatic nitrogens is 6. The largest absolute Gasteiger partial charge is 0.415 e. The molecule has 2 aromatic carbocycles. The highest BCUT2D eigenvalue weighted by molar-refractivity contribution is 9.10. The zero-order chi connectivity index (χ0) is 29.5. The molecule has 0 radical (unpaired) electrons. The van der Waals surface area contributed by atoms with Crippen LogP contribution in [0.15, 0.2) is 64.1 Å². The predicted octanol–water partition coefficient (Wildman–Crippen LogP) is 6.71. The molecule has 0 aliphatic rings. The minimum Gasteiger partial charge on any atom is -0.404 e. The molecule has 0 bridgehead atoms. The summed E-state index contributed by atoms with van der Waals surface area (Å²) >= 11 is 9.40. The second-order valence-corrected chi connectivity index (χ2v) is 16.7. The third-order valence-electron chi connectivity index (χ3n) is 6.89. The molecule has 2 aromatic heterocycles. The van der Waals surface area contributed by atoms with Gasteiger partial charge in [-0.25, -0.2) is 19.1 Å². The molecular weight excluding hydrogens is 629 g/mol. The van der Waals surface area contributed by atoms with Crippen molar-refractivity contribution in [2.24, 2.45) is 0 Å². The lowest BCUT2D eigenvalue weighted by atomic mass is 10.2. The fourth-order valence-corrected chi connectivity index (χ4v) is 5.58. The van der Waals surface area contributed by atoms with Gasteiger partial charge in [0.15, 0.2) is 30.8 Å². The molecule has 214 valence electrons. The van der Waals surface area contributed by atoms with Gasteiger partial charge >= 0.3 is 11.9 Å². The monoisotopic (exact) mass is 656 g/mol. The summed E-state index contributed by atoms with van der Waals surface area (Å²) in [5.74, 6) is 0.298. The van der Waals surface area contributed by atoms with E-state index in [1.54, 1.807) is 42.0 Å². The van der Waals surface area contributed by atoms with Gasteiger partial charge in [-0.2, -0.15) is 13.2 Å². The van der Waals surface area contributed by atoms with E-state index in [2.05, 4.69) is 31.1 Å². The highest BCUT2D eigenvalue weighted by Crippen LogP contribution is 2.40. The van der Waals surface area contributed by atoms with Crippen molar-refractivity contribution >= 4 is 35.8 Å². The van der Waals surface area contributed by atoms with Crippen LogP contribution in [0.25, 0.3) is 17.1 Å². The topological polar surface area (TPSA) is 79.8 Å². The Bertz CT molecular complexity index is 1530. The van der Waals surface area contributed by atoms with Gasteiger partial charge in [0, 0.05) is 10.6 Å². The second kappa shape index (κ2) is 11.3. The summed E-state index contributed by atoms with van der Waals surface area (Å²) in [7, 11) is -2.85. The van der Waals surface area contributed by atoms with Crippen molar-refractivity contribution in [1.29, 1.82) is 0 Å². The zero-order valence-corrected chi connectivity index (χ0v) is 25.9. The minimum atomic E-state index is -4.71. The molecule has 0 amide bonds. The molecule has 4 aromatic rings. The molecule has 0 aliphatic heterocycles. The van der Waals surface area contributed by atoms with Gasteiger partial charge in [0.2, 0.25) is 0 Å². The van der Waals surface area contributed by atoms with E-state index < -0.39 is 37.9 Å². The van der Waals surface area contributed by atoms with E-state index in [4.69, 9.17) is 16.0 Å². The maximum absolute atomic E-state index is 14.3. The Morgan fingerprint density at radius 2 is 1.65 bits per heavy atom. The first-order valence-corrected chi connectivity index (χ1v) is 16.5. The molecule has 2 heterocycles. The average Bonchev–Trinajstić information content (AvgIpc) is 3.38. The molecule has 0 N–H and O–H groups in total. The fraction of sp³-hybridized carbons (Fsp3) is 0.385. The highest BCUT2D eigenvalue weighted by Gasteiger charge is 2.48. The molecule has 0 spiro atoms. The van der Waals surface area contributed by atoms with E-state index in [1.165, 1.54) is 0 Å². The predicted molar refractivity (Wildman–Crippen MR) is 153 cm³/mol. The van der Waals surface area contributed by atoms with Crippen LogP contribution in [0.5, 0.6) is 0 Å². The van der Waals surface area contributed by atoms with Crippen LogP contribution in [0.3, 0.4) is 0 Å². The van der Waals surface area contributed by atoms with Gasteiger partial charge in [0.05, 0.1) is 12.2 Å². The van der Waals surface area contributed by atoms with Gasteiger partial charge in [0.25, 0.3) is 0 Å². The Labute approximate surface area is 244 Å². The first-order valence-electron chi connectivity index (χ1n) is 12.4. The maximum Gasteiger partial charge on any atom is 0.415 e. The number of hydrogen-bond donors (Lipinski definition) is 0. The fourth-order valence-electron chi connectivity index (χ4n) is 3.69. The third kappa shape index (κ3) is 6.59. The van der Waals surface area contributed by atoms with E-state index in [0.717, 1.165) is 14.9 Å². The van der Waals surface area contributed by atoms with Gasteiger partial charge in [-0.05, 0) is 70.5 Å². The van der Waals surface area contributed by atoms with Crippen molar-refractivity contribution in [3.8, 4) is 17.1 Å².